The molecule has 4 amide bonds. The largest absolute Gasteiger partial charge is 0.444 e. The molecule has 0 aromatic carbocycles. The number of carbonyl (C=O) groups is 3. The fourth-order valence-electron chi connectivity index (χ4n) is 7.09. The van der Waals surface area contributed by atoms with Gasteiger partial charge in [-0.15, -0.1) is 0 Å². The van der Waals surface area contributed by atoms with Crippen molar-refractivity contribution in [3.63, 3.8) is 0 Å². The van der Waals surface area contributed by atoms with Gasteiger partial charge in [0.15, 0.2) is 0 Å². The van der Waals surface area contributed by atoms with E-state index >= 15 is 0 Å². The monoisotopic (exact) mass is 536 g/mol. The molecule has 2 saturated carbocycles. The lowest BCUT2D eigenvalue weighted by molar-refractivity contribution is -0.120. The van der Waals surface area contributed by atoms with Crippen molar-refractivity contribution in [2.75, 3.05) is 44.2 Å². The third-order valence-electron chi connectivity index (χ3n) is 8.93. The minimum Gasteiger partial charge on any atom is -0.444 e. The molecule has 2 aliphatic carbocycles. The van der Waals surface area contributed by atoms with Crippen molar-refractivity contribution in [3.05, 3.63) is 24.0 Å². The van der Waals surface area contributed by atoms with Gasteiger partial charge in [-0.3, -0.25) is 19.9 Å². The number of aromatic nitrogens is 2. The molecule has 0 bridgehead atoms. The van der Waals surface area contributed by atoms with E-state index in [1.165, 1.54) is 25.7 Å². The molecule has 2 aromatic heterocycles. The summed E-state index contributed by atoms with van der Waals surface area (Å²) in [4.78, 5) is 46.8. The molecule has 0 radical (unpaired) electrons. The van der Waals surface area contributed by atoms with Crippen LogP contribution < -0.4 is 10.2 Å². The predicted molar refractivity (Wildman–Crippen MR) is 148 cm³/mol. The third-order valence-corrected chi connectivity index (χ3v) is 8.93. The molecule has 2 aliphatic heterocycles. The second kappa shape index (κ2) is 9.50. The first-order valence-electron chi connectivity index (χ1n) is 14.3. The zero-order chi connectivity index (χ0) is 27.5. The standard InChI is InChI=1S/C29H40N6O4/c1-19-17-35(25-23(19)11-21(16-30-25)34-6-5-24(36)31-26(34)37)22-14-29(15-22)12-20(13-29)18-32-7-9-33(10-8-32)27(38)39-28(2,3)4/h11,16-17,20,22H,5-10,12-15,18H2,1-4H3,(H,31,36,37). The first-order valence-corrected chi connectivity index (χ1v) is 14.3. The van der Waals surface area contributed by atoms with Crippen LogP contribution in [0.1, 0.15) is 64.5 Å². The van der Waals surface area contributed by atoms with E-state index in [1.54, 1.807) is 11.1 Å². The lowest BCUT2D eigenvalue weighted by Gasteiger charge is -2.59. The van der Waals surface area contributed by atoms with E-state index in [1.807, 2.05) is 31.7 Å². The van der Waals surface area contributed by atoms with Crippen molar-refractivity contribution in [1.29, 1.82) is 0 Å². The Hall–Kier alpha value is -3.14. The van der Waals surface area contributed by atoms with Crippen molar-refractivity contribution in [1.82, 2.24) is 24.7 Å². The van der Waals surface area contributed by atoms with E-state index in [2.05, 4.69) is 27.9 Å². The summed E-state index contributed by atoms with van der Waals surface area (Å²) in [6.45, 7) is 12.7. The SMILES string of the molecule is Cc1cn(C2CC3(CC(CN4CCN(C(=O)OC(C)(C)C)CC4)C3)C2)c2ncc(N3CCC(=O)NC3=O)cc12. The minimum atomic E-state index is -0.451. The number of hydrogen-bond acceptors (Lipinski definition) is 6. The number of nitrogens with zero attached hydrogens (tertiary/aromatic N) is 5. The minimum absolute atomic E-state index is 0.197. The van der Waals surface area contributed by atoms with Crippen LogP contribution >= 0.6 is 0 Å². The maximum atomic E-state index is 12.3. The Morgan fingerprint density at radius 2 is 1.82 bits per heavy atom. The maximum Gasteiger partial charge on any atom is 0.410 e. The van der Waals surface area contributed by atoms with Gasteiger partial charge < -0.3 is 14.2 Å². The Morgan fingerprint density at radius 3 is 2.49 bits per heavy atom. The molecule has 4 heterocycles. The van der Waals surface area contributed by atoms with Crippen LogP contribution in [-0.2, 0) is 9.53 Å². The Labute approximate surface area is 229 Å². The molecule has 10 heteroatoms. The van der Waals surface area contributed by atoms with E-state index in [-0.39, 0.29) is 18.0 Å². The van der Waals surface area contributed by atoms with Gasteiger partial charge in [-0.2, -0.15) is 0 Å². The number of piperazine rings is 1. The number of aryl methyl sites for hydroxylation is 1. The molecule has 2 aromatic rings. The summed E-state index contributed by atoms with van der Waals surface area (Å²) in [5, 5.41) is 3.45. The molecule has 2 saturated heterocycles. The average Bonchev–Trinajstić information content (AvgIpc) is 3.14. The summed E-state index contributed by atoms with van der Waals surface area (Å²) in [5.74, 6) is 0.510. The number of carbonyl (C=O) groups excluding carboxylic acids is 3. The van der Waals surface area contributed by atoms with Crippen LogP contribution in [0.15, 0.2) is 18.5 Å². The van der Waals surface area contributed by atoms with Crippen molar-refractivity contribution in [2.45, 2.75) is 71.4 Å². The van der Waals surface area contributed by atoms with Crippen LogP contribution in [0.3, 0.4) is 0 Å². The van der Waals surface area contributed by atoms with Gasteiger partial charge in [0, 0.05) is 63.3 Å². The van der Waals surface area contributed by atoms with E-state index in [0.29, 0.717) is 24.4 Å². The molecule has 4 fully saturated rings. The number of pyridine rings is 1. The van der Waals surface area contributed by atoms with E-state index < -0.39 is 5.60 Å². The van der Waals surface area contributed by atoms with Crippen LogP contribution in [0.5, 0.6) is 0 Å². The van der Waals surface area contributed by atoms with Gasteiger partial charge in [-0.05, 0) is 76.3 Å². The third kappa shape index (κ3) is 5.11. The quantitative estimate of drug-likeness (QED) is 0.632. The highest BCUT2D eigenvalue weighted by Gasteiger charge is 2.53. The first kappa shape index (κ1) is 26.1. The van der Waals surface area contributed by atoms with Crippen molar-refractivity contribution in [3.8, 4) is 0 Å². The van der Waals surface area contributed by atoms with Crippen LogP contribution in [0.2, 0.25) is 0 Å². The Kier molecular flexibility index (Phi) is 6.36. The molecule has 1 N–H and O–H groups in total. The normalized spacial score (nSPS) is 27.9. The molecule has 39 heavy (non-hydrogen) atoms. The molecule has 0 unspecified atom stereocenters. The molecular weight excluding hydrogens is 496 g/mol. The van der Waals surface area contributed by atoms with Gasteiger partial charge in [-0.25, -0.2) is 14.6 Å². The summed E-state index contributed by atoms with van der Waals surface area (Å²) in [7, 11) is 0. The summed E-state index contributed by atoms with van der Waals surface area (Å²) < 4.78 is 7.86. The molecule has 4 aliphatic rings. The number of hydrogen-bond donors (Lipinski definition) is 1. The fraction of sp³-hybridized carbons (Fsp3) is 0.655. The summed E-state index contributed by atoms with van der Waals surface area (Å²) >= 11 is 0. The highest BCUT2D eigenvalue weighted by atomic mass is 16.6. The van der Waals surface area contributed by atoms with Crippen LogP contribution in [0.4, 0.5) is 15.3 Å². The Bertz CT molecular complexity index is 1290. The highest BCUT2D eigenvalue weighted by molar-refractivity contribution is 6.06. The number of fused-ring (bicyclic) bond motifs is 1. The number of nitrogens with one attached hydrogen (secondary N) is 1. The molecule has 210 valence electrons. The second-order valence-electron chi connectivity index (χ2n) is 13.1. The van der Waals surface area contributed by atoms with Crippen LogP contribution in [-0.4, -0.2) is 82.3 Å². The molecular formula is C29H40N6O4. The highest BCUT2D eigenvalue weighted by Crippen LogP contribution is 2.63. The number of anilines is 1. The number of imide groups is 1. The fourth-order valence-corrected chi connectivity index (χ4v) is 7.09. The van der Waals surface area contributed by atoms with Gasteiger partial charge in [0.1, 0.15) is 11.2 Å². The summed E-state index contributed by atoms with van der Waals surface area (Å²) in [5.41, 5.74) is 2.88. The van der Waals surface area contributed by atoms with E-state index in [9.17, 15) is 14.4 Å². The molecule has 10 nitrogen and oxygen atoms in total. The lowest BCUT2D eigenvalue weighted by atomic mass is 9.50. The Balaban J connectivity index is 1.00. The summed E-state index contributed by atoms with van der Waals surface area (Å²) in [6, 6.07) is 2.11. The average molecular weight is 537 g/mol. The van der Waals surface area contributed by atoms with E-state index in [0.717, 1.165) is 60.9 Å². The van der Waals surface area contributed by atoms with Gasteiger partial charge >= 0.3 is 12.1 Å². The lowest BCUT2D eigenvalue weighted by Crippen LogP contribution is -2.54. The van der Waals surface area contributed by atoms with Gasteiger partial charge in [0.25, 0.3) is 0 Å². The van der Waals surface area contributed by atoms with Crippen molar-refractivity contribution >= 4 is 34.8 Å². The maximum absolute atomic E-state index is 12.3. The van der Waals surface area contributed by atoms with Crippen molar-refractivity contribution in [2.24, 2.45) is 11.3 Å². The first-order chi connectivity index (χ1) is 18.5. The zero-order valence-corrected chi connectivity index (χ0v) is 23.5. The van der Waals surface area contributed by atoms with Gasteiger partial charge in [-0.1, -0.05) is 0 Å². The van der Waals surface area contributed by atoms with Crippen molar-refractivity contribution < 1.29 is 19.1 Å². The topological polar surface area (TPSA) is 100 Å². The molecule has 6 rings (SSSR count). The predicted octanol–water partition coefficient (Wildman–Crippen LogP) is 4.08. The van der Waals surface area contributed by atoms with Crippen LogP contribution in [0, 0.1) is 18.3 Å². The second-order valence-corrected chi connectivity index (χ2v) is 13.1. The number of rotatable bonds is 4. The van der Waals surface area contributed by atoms with E-state index in [4.69, 9.17) is 9.72 Å². The molecule has 1 spiro atoms. The smallest absolute Gasteiger partial charge is 0.410 e. The number of urea groups is 1. The van der Waals surface area contributed by atoms with Crippen LogP contribution in [0.25, 0.3) is 11.0 Å². The number of ether oxygens (including phenoxy) is 1. The molecule has 0 atom stereocenters. The van der Waals surface area contributed by atoms with Gasteiger partial charge in [0.2, 0.25) is 5.91 Å². The Morgan fingerprint density at radius 1 is 1.10 bits per heavy atom. The summed E-state index contributed by atoms with van der Waals surface area (Å²) in [6.07, 6.45) is 9.03. The van der Waals surface area contributed by atoms with Gasteiger partial charge in [0.05, 0.1) is 11.9 Å². The number of amides is 4. The zero-order valence-electron chi connectivity index (χ0n) is 23.5.